The number of anilines is 1. The fourth-order valence-electron chi connectivity index (χ4n) is 3.40. The van der Waals surface area contributed by atoms with Gasteiger partial charge in [-0.15, -0.1) is 5.10 Å². The minimum atomic E-state index is -3.91. The van der Waals surface area contributed by atoms with E-state index in [1.807, 2.05) is 13.8 Å². The lowest BCUT2D eigenvalue weighted by Crippen LogP contribution is -2.46. The van der Waals surface area contributed by atoms with Crippen LogP contribution in [0.1, 0.15) is 24.5 Å². The maximum atomic E-state index is 12.7. The number of aromatic nitrogens is 3. The van der Waals surface area contributed by atoms with Crippen LogP contribution in [0, 0.1) is 6.92 Å². The van der Waals surface area contributed by atoms with Crippen LogP contribution in [0.4, 0.5) is 5.69 Å². The van der Waals surface area contributed by atoms with Gasteiger partial charge in [0.05, 0.1) is 17.3 Å². The summed E-state index contributed by atoms with van der Waals surface area (Å²) in [5.74, 6) is -1.32. The van der Waals surface area contributed by atoms with Crippen molar-refractivity contribution in [2.45, 2.75) is 39.3 Å². The van der Waals surface area contributed by atoms with E-state index >= 15 is 0 Å². The van der Waals surface area contributed by atoms with Crippen molar-refractivity contribution in [3.05, 3.63) is 63.9 Å². The molecule has 1 atom stereocenters. The molecule has 1 unspecified atom stereocenters. The van der Waals surface area contributed by atoms with E-state index in [9.17, 15) is 23.1 Å². The van der Waals surface area contributed by atoms with Gasteiger partial charge in [0.2, 0.25) is 10.0 Å². The third kappa shape index (κ3) is 4.91. The number of aryl methyl sites for hydroxylation is 3. The Balaban J connectivity index is 1.94. The van der Waals surface area contributed by atoms with Crippen LogP contribution in [0.5, 0.6) is 0 Å². The molecule has 0 amide bonds. The number of carboxylic acids is 1. The van der Waals surface area contributed by atoms with Gasteiger partial charge in [0.15, 0.2) is 0 Å². The molecule has 3 rings (SSSR count). The molecule has 0 aliphatic rings. The molecule has 0 bridgehead atoms. The molecular formula is C21H24N4O5S. The lowest BCUT2D eigenvalue weighted by atomic mass is 10.1. The van der Waals surface area contributed by atoms with Gasteiger partial charge in [-0.3, -0.25) is 9.10 Å². The molecular weight excluding hydrogens is 420 g/mol. The summed E-state index contributed by atoms with van der Waals surface area (Å²) in [5.41, 5.74) is 2.22. The number of carboxylic acid groups (broad SMARTS) is 1. The molecule has 0 aliphatic heterocycles. The summed E-state index contributed by atoms with van der Waals surface area (Å²) in [4.78, 5) is 24.7. The summed E-state index contributed by atoms with van der Waals surface area (Å²) >= 11 is 0. The molecule has 0 saturated heterocycles. The Morgan fingerprint density at radius 3 is 2.45 bits per heavy atom. The lowest BCUT2D eigenvalue weighted by Gasteiger charge is -2.29. The third-order valence-electron chi connectivity index (χ3n) is 5.02. The van der Waals surface area contributed by atoms with E-state index in [4.69, 9.17) is 0 Å². The summed E-state index contributed by atoms with van der Waals surface area (Å²) < 4.78 is 26.9. The van der Waals surface area contributed by atoms with Gasteiger partial charge in [-0.05, 0) is 55.2 Å². The number of nitrogens with zero attached hydrogens (tertiary/aromatic N) is 4. The highest BCUT2D eigenvalue weighted by Crippen LogP contribution is 2.23. The van der Waals surface area contributed by atoms with E-state index in [0.29, 0.717) is 10.9 Å². The first-order valence-corrected chi connectivity index (χ1v) is 11.6. The van der Waals surface area contributed by atoms with E-state index in [-0.39, 0.29) is 18.7 Å². The van der Waals surface area contributed by atoms with Crippen LogP contribution < -0.4 is 9.86 Å². The summed E-state index contributed by atoms with van der Waals surface area (Å²) in [6.45, 7) is 3.73. The molecule has 0 fully saturated rings. The molecule has 0 saturated carbocycles. The normalized spacial score (nSPS) is 12.6. The van der Waals surface area contributed by atoms with Crippen LogP contribution in [0.2, 0.25) is 0 Å². The second-order valence-electron chi connectivity index (χ2n) is 7.36. The van der Waals surface area contributed by atoms with Crippen molar-refractivity contribution in [2.24, 2.45) is 0 Å². The summed E-state index contributed by atoms with van der Waals surface area (Å²) in [7, 11) is -3.91. The smallest absolute Gasteiger partial charge is 0.327 e. The van der Waals surface area contributed by atoms with E-state index in [1.165, 1.54) is 0 Å². The molecule has 0 spiro atoms. The zero-order valence-corrected chi connectivity index (χ0v) is 18.3. The Labute approximate surface area is 180 Å². The molecule has 31 heavy (non-hydrogen) atoms. The fourth-order valence-corrected chi connectivity index (χ4v) is 4.56. The SMILES string of the molecule is CCc1ccc(N(C(CCn2nnc3cc(C)ccc3c2=O)C(=O)O)S(C)(=O)=O)cc1. The highest BCUT2D eigenvalue weighted by molar-refractivity contribution is 7.92. The van der Waals surface area contributed by atoms with Gasteiger partial charge in [-0.1, -0.05) is 30.3 Å². The van der Waals surface area contributed by atoms with Gasteiger partial charge < -0.3 is 5.11 Å². The van der Waals surface area contributed by atoms with Crippen LogP contribution in [-0.2, 0) is 27.8 Å². The monoisotopic (exact) mass is 444 g/mol. The number of hydrogen-bond acceptors (Lipinski definition) is 6. The van der Waals surface area contributed by atoms with Crippen LogP contribution in [0.15, 0.2) is 47.3 Å². The van der Waals surface area contributed by atoms with Crippen molar-refractivity contribution in [3.63, 3.8) is 0 Å². The molecule has 0 aliphatic carbocycles. The van der Waals surface area contributed by atoms with Crippen LogP contribution in [0.25, 0.3) is 10.9 Å². The molecule has 2 aromatic carbocycles. The number of sulfonamides is 1. The Morgan fingerprint density at radius 2 is 1.87 bits per heavy atom. The topological polar surface area (TPSA) is 122 Å². The van der Waals surface area contributed by atoms with Crippen molar-refractivity contribution in [2.75, 3.05) is 10.6 Å². The van der Waals surface area contributed by atoms with Crippen molar-refractivity contribution in [3.8, 4) is 0 Å². The molecule has 1 aromatic heterocycles. The van der Waals surface area contributed by atoms with E-state index in [0.717, 1.165) is 32.8 Å². The first kappa shape index (κ1) is 22.4. The largest absolute Gasteiger partial charge is 0.480 e. The summed E-state index contributed by atoms with van der Waals surface area (Å²) in [5, 5.41) is 18.1. The third-order valence-corrected chi connectivity index (χ3v) is 6.20. The quantitative estimate of drug-likeness (QED) is 0.563. The van der Waals surface area contributed by atoms with E-state index in [1.54, 1.807) is 42.5 Å². The Hall–Kier alpha value is -3.27. The summed E-state index contributed by atoms with van der Waals surface area (Å²) in [6, 6.07) is 10.4. The number of benzene rings is 2. The Kier molecular flexibility index (Phi) is 6.40. The van der Waals surface area contributed by atoms with E-state index in [2.05, 4.69) is 10.3 Å². The van der Waals surface area contributed by atoms with Crippen LogP contribution in [-0.4, -0.2) is 46.8 Å². The Bertz CT molecular complexity index is 1270. The van der Waals surface area contributed by atoms with Gasteiger partial charge in [0, 0.05) is 6.54 Å². The molecule has 1 N–H and O–H groups in total. The molecule has 10 heteroatoms. The molecule has 0 radical (unpaired) electrons. The molecule has 9 nitrogen and oxygen atoms in total. The number of fused-ring (bicyclic) bond motifs is 1. The molecule has 164 valence electrons. The van der Waals surface area contributed by atoms with Crippen molar-refractivity contribution < 1.29 is 18.3 Å². The second kappa shape index (κ2) is 8.84. The van der Waals surface area contributed by atoms with Gasteiger partial charge >= 0.3 is 5.97 Å². The minimum absolute atomic E-state index is 0.105. The molecule has 3 aromatic rings. The van der Waals surface area contributed by atoms with Crippen molar-refractivity contribution in [1.82, 2.24) is 15.0 Å². The van der Waals surface area contributed by atoms with E-state index < -0.39 is 27.6 Å². The van der Waals surface area contributed by atoms with Crippen LogP contribution >= 0.6 is 0 Å². The average molecular weight is 445 g/mol. The predicted octanol–water partition coefficient (Wildman–Crippen LogP) is 1.97. The fraction of sp³-hybridized carbons (Fsp3) is 0.333. The second-order valence-corrected chi connectivity index (χ2v) is 9.22. The zero-order valence-electron chi connectivity index (χ0n) is 17.5. The average Bonchev–Trinajstić information content (AvgIpc) is 2.71. The van der Waals surface area contributed by atoms with Gasteiger partial charge in [0.25, 0.3) is 5.56 Å². The van der Waals surface area contributed by atoms with Gasteiger partial charge in [-0.2, -0.15) is 0 Å². The first-order chi connectivity index (χ1) is 14.6. The van der Waals surface area contributed by atoms with Gasteiger partial charge in [-0.25, -0.2) is 17.9 Å². The number of aliphatic carboxylic acids is 1. The molecule has 1 heterocycles. The standard InChI is InChI=1S/C21H24N4O5S/c1-4-15-6-8-16(9-7-15)25(31(3,29)30)19(21(27)28)11-12-24-20(26)17-10-5-14(2)13-18(17)22-23-24/h5-10,13,19H,4,11-12H2,1-3H3,(H,27,28). The summed E-state index contributed by atoms with van der Waals surface area (Å²) in [6.07, 6.45) is 1.56. The maximum absolute atomic E-state index is 12.7. The predicted molar refractivity (Wildman–Crippen MR) is 118 cm³/mol. The number of rotatable bonds is 8. The highest BCUT2D eigenvalue weighted by Gasteiger charge is 2.32. The number of hydrogen-bond donors (Lipinski definition) is 1. The van der Waals surface area contributed by atoms with Gasteiger partial charge in [0.1, 0.15) is 11.6 Å². The van der Waals surface area contributed by atoms with Crippen molar-refractivity contribution >= 4 is 32.6 Å². The maximum Gasteiger partial charge on any atom is 0.327 e. The van der Waals surface area contributed by atoms with Crippen molar-refractivity contribution in [1.29, 1.82) is 0 Å². The number of carbonyl (C=O) groups is 1. The lowest BCUT2D eigenvalue weighted by molar-refractivity contribution is -0.138. The highest BCUT2D eigenvalue weighted by atomic mass is 32.2. The minimum Gasteiger partial charge on any atom is -0.480 e. The first-order valence-electron chi connectivity index (χ1n) is 9.77. The Morgan fingerprint density at radius 1 is 1.19 bits per heavy atom. The zero-order chi connectivity index (χ0) is 22.8. The van der Waals surface area contributed by atoms with Crippen LogP contribution in [0.3, 0.4) is 0 Å².